The lowest BCUT2D eigenvalue weighted by Gasteiger charge is -2.37. The predicted octanol–water partition coefficient (Wildman–Crippen LogP) is 1.60. The van der Waals surface area contributed by atoms with Gasteiger partial charge in [0, 0.05) is 24.4 Å². The Balaban J connectivity index is 2.79. The summed E-state index contributed by atoms with van der Waals surface area (Å²) in [6.45, 7) is 7.99. The van der Waals surface area contributed by atoms with Gasteiger partial charge in [0.1, 0.15) is 5.78 Å². The predicted molar refractivity (Wildman–Crippen MR) is 50.1 cm³/mol. The van der Waals surface area contributed by atoms with E-state index < -0.39 is 0 Å². The number of ketones is 1. The molecular formula is C10H19NO. The first kappa shape index (κ1) is 9.72. The van der Waals surface area contributed by atoms with E-state index in [0.717, 1.165) is 25.9 Å². The second-order valence-electron chi connectivity index (χ2n) is 3.88. The van der Waals surface area contributed by atoms with Gasteiger partial charge in [-0.25, -0.2) is 0 Å². The number of carbonyl (C=O) groups is 1. The van der Waals surface area contributed by atoms with Gasteiger partial charge >= 0.3 is 0 Å². The highest BCUT2D eigenvalue weighted by molar-refractivity contribution is 5.87. The third kappa shape index (κ3) is 1.40. The van der Waals surface area contributed by atoms with Crippen LogP contribution in [0.15, 0.2) is 0 Å². The van der Waals surface area contributed by atoms with E-state index in [9.17, 15) is 4.79 Å². The van der Waals surface area contributed by atoms with Crippen LogP contribution in [0.5, 0.6) is 0 Å². The molecule has 0 amide bonds. The fraction of sp³-hybridized carbons (Fsp3) is 0.900. The number of carbonyl (C=O) groups excluding carboxylic acids is 1. The van der Waals surface area contributed by atoms with E-state index in [1.165, 1.54) is 0 Å². The number of Topliss-reactive ketones (excluding diaryl/α,β-unsaturated/α-hetero) is 1. The summed E-state index contributed by atoms with van der Waals surface area (Å²) < 4.78 is 0. The van der Waals surface area contributed by atoms with E-state index in [1.54, 1.807) is 0 Å². The normalized spacial score (nSPS) is 28.9. The lowest BCUT2D eigenvalue weighted by molar-refractivity contribution is -0.134. The molecule has 1 rings (SSSR count). The second kappa shape index (κ2) is 3.56. The van der Waals surface area contributed by atoms with Crippen molar-refractivity contribution in [1.82, 2.24) is 5.32 Å². The van der Waals surface area contributed by atoms with Crippen LogP contribution in [-0.2, 0) is 4.79 Å². The molecule has 0 saturated carbocycles. The van der Waals surface area contributed by atoms with Gasteiger partial charge in [0.05, 0.1) is 0 Å². The summed E-state index contributed by atoms with van der Waals surface area (Å²) in [6.07, 6.45) is 1.94. The third-order valence-electron chi connectivity index (χ3n) is 3.24. The number of nitrogens with one attached hydrogen (secondary N) is 1. The first-order valence-corrected chi connectivity index (χ1v) is 4.91. The Hall–Kier alpha value is -0.370. The molecule has 1 N–H and O–H groups in total. The van der Waals surface area contributed by atoms with Crippen LogP contribution in [0, 0.1) is 11.3 Å². The zero-order chi connectivity index (χ0) is 9.19. The van der Waals surface area contributed by atoms with Gasteiger partial charge in [-0.3, -0.25) is 4.79 Å². The molecule has 0 radical (unpaired) electrons. The average Bonchev–Trinajstić information content (AvgIpc) is 2.11. The van der Waals surface area contributed by atoms with Gasteiger partial charge in [0.15, 0.2) is 0 Å². The van der Waals surface area contributed by atoms with Gasteiger partial charge < -0.3 is 5.32 Å². The van der Waals surface area contributed by atoms with Crippen molar-refractivity contribution < 1.29 is 4.79 Å². The maximum atomic E-state index is 11.9. The molecule has 12 heavy (non-hydrogen) atoms. The largest absolute Gasteiger partial charge is 0.315 e. The standard InChI is InChI=1S/C10H19NO/c1-4-10(5-2)7-11-6-8(3)9(10)12/h8,11H,4-7H2,1-3H3. The van der Waals surface area contributed by atoms with Gasteiger partial charge in [-0.1, -0.05) is 20.8 Å². The molecule has 2 heteroatoms. The summed E-state index contributed by atoms with van der Waals surface area (Å²) in [5.41, 5.74) is -0.0579. The lowest BCUT2D eigenvalue weighted by Crippen LogP contribution is -2.50. The number of hydrogen-bond donors (Lipinski definition) is 1. The van der Waals surface area contributed by atoms with Crippen molar-refractivity contribution >= 4 is 5.78 Å². The van der Waals surface area contributed by atoms with Crippen molar-refractivity contribution in [1.29, 1.82) is 0 Å². The van der Waals surface area contributed by atoms with Crippen molar-refractivity contribution in [3.63, 3.8) is 0 Å². The molecule has 1 aliphatic rings. The summed E-state index contributed by atoms with van der Waals surface area (Å²) in [6, 6.07) is 0. The monoisotopic (exact) mass is 169 g/mol. The molecule has 0 aromatic rings. The molecule has 1 heterocycles. The molecule has 1 saturated heterocycles. The molecule has 0 aromatic carbocycles. The highest BCUT2D eigenvalue weighted by Gasteiger charge is 2.39. The number of hydrogen-bond acceptors (Lipinski definition) is 2. The Morgan fingerprint density at radius 3 is 2.50 bits per heavy atom. The summed E-state index contributed by atoms with van der Waals surface area (Å²) in [4.78, 5) is 11.9. The second-order valence-corrected chi connectivity index (χ2v) is 3.88. The molecule has 0 bridgehead atoms. The van der Waals surface area contributed by atoms with Crippen LogP contribution in [-0.4, -0.2) is 18.9 Å². The minimum atomic E-state index is -0.0579. The van der Waals surface area contributed by atoms with E-state index in [-0.39, 0.29) is 11.3 Å². The number of piperidine rings is 1. The van der Waals surface area contributed by atoms with E-state index in [0.29, 0.717) is 5.78 Å². The topological polar surface area (TPSA) is 29.1 Å². The van der Waals surface area contributed by atoms with E-state index in [1.807, 2.05) is 6.92 Å². The van der Waals surface area contributed by atoms with Gasteiger partial charge in [-0.05, 0) is 12.8 Å². The summed E-state index contributed by atoms with van der Waals surface area (Å²) in [7, 11) is 0. The third-order valence-corrected chi connectivity index (χ3v) is 3.24. The average molecular weight is 169 g/mol. The van der Waals surface area contributed by atoms with Crippen LogP contribution in [0.25, 0.3) is 0 Å². The molecule has 0 aliphatic carbocycles. The lowest BCUT2D eigenvalue weighted by atomic mass is 9.72. The van der Waals surface area contributed by atoms with E-state index in [4.69, 9.17) is 0 Å². The molecule has 0 aromatic heterocycles. The smallest absolute Gasteiger partial charge is 0.144 e. The molecule has 70 valence electrons. The zero-order valence-electron chi connectivity index (χ0n) is 8.31. The van der Waals surface area contributed by atoms with Crippen LogP contribution in [0.2, 0.25) is 0 Å². The fourth-order valence-electron chi connectivity index (χ4n) is 2.08. The molecular weight excluding hydrogens is 150 g/mol. The Morgan fingerprint density at radius 1 is 1.50 bits per heavy atom. The quantitative estimate of drug-likeness (QED) is 0.680. The first-order valence-electron chi connectivity index (χ1n) is 4.91. The maximum Gasteiger partial charge on any atom is 0.144 e. The van der Waals surface area contributed by atoms with Gasteiger partial charge in [0.2, 0.25) is 0 Å². The van der Waals surface area contributed by atoms with Crippen LogP contribution in [0.3, 0.4) is 0 Å². The van der Waals surface area contributed by atoms with Gasteiger partial charge in [-0.2, -0.15) is 0 Å². The minimum absolute atomic E-state index is 0.0579. The minimum Gasteiger partial charge on any atom is -0.315 e. The van der Waals surface area contributed by atoms with Crippen LogP contribution >= 0.6 is 0 Å². The highest BCUT2D eigenvalue weighted by Crippen LogP contribution is 2.32. The Kier molecular flexibility index (Phi) is 2.89. The summed E-state index contributed by atoms with van der Waals surface area (Å²) in [5.74, 6) is 0.671. The Morgan fingerprint density at radius 2 is 2.08 bits per heavy atom. The maximum absolute atomic E-state index is 11.9. The van der Waals surface area contributed by atoms with E-state index in [2.05, 4.69) is 19.2 Å². The molecule has 2 nitrogen and oxygen atoms in total. The zero-order valence-corrected chi connectivity index (χ0v) is 8.31. The van der Waals surface area contributed by atoms with Crippen molar-refractivity contribution in [2.45, 2.75) is 33.6 Å². The van der Waals surface area contributed by atoms with Gasteiger partial charge in [0.25, 0.3) is 0 Å². The number of rotatable bonds is 2. The SMILES string of the molecule is CCC1(CC)CNCC(C)C1=O. The van der Waals surface area contributed by atoms with Crippen molar-refractivity contribution in [2.24, 2.45) is 11.3 Å². The fourth-order valence-corrected chi connectivity index (χ4v) is 2.08. The van der Waals surface area contributed by atoms with Crippen LogP contribution < -0.4 is 5.32 Å². The molecule has 1 fully saturated rings. The molecule has 1 aliphatic heterocycles. The van der Waals surface area contributed by atoms with E-state index >= 15 is 0 Å². The molecule has 1 unspecified atom stereocenters. The Bertz CT molecular complexity index is 173. The Labute approximate surface area is 74.7 Å². The van der Waals surface area contributed by atoms with Crippen LogP contribution in [0.1, 0.15) is 33.6 Å². The first-order chi connectivity index (χ1) is 5.66. The molecule has 1 atom stereocenters. The summed E-state index contributed by atoms with van der Waals surface area (Å²) in [5, 5.41) is 3.34. The van der Waals surface area contributed by atoms with Crippen molar-refractivity contribution in [2.75, 3.05) is 13.1 Å². The highest BCUT2D eigenvalue weighted by atomic mass is 16.1. The summed E-state index contributed by atoms with van der Waals surface area (Å²) >= 11 is 0. The van der Waals surface area contributed by atoms with Crippen molar-refractivity contribution in [3.05, 3.63) is 0 Å². The van der Waals surface area contributed by atoms with Crippen molar-refractivity contribution in [3.8, 4) is 0 Å². The molecule has 0 spiro atoms. The van der Waals surface area contributed by atoms with Gasteiger partial charge in [-0.15, -0.1) is 0 Å². The van der Waals surface area contributed by atoms with Crippen LogP contribution in [0.4, 0.5) is 0 Å².